The molecule has 4 aromatic heterocycles. The second kappa shape index (κ2) is 9.80. The van der Waals surface area contributed by atoms with E-state index in [0.717, 1.165) is 21.8 Å². The first kappa shape index (κ1) is 23.7. The third-order valence-corrected chi connectivity index (χ3v) is 5.43. The van der Waals surface area contributed by atoms with Gasteiger partial charge in [0.1, 0.15) is 0 Å². The van der Waals surface area contributed by atoms with E-state index in [1.807, 2.05) is 12.1 Å². The third-order valence-electron chi connectivity index (χ3n) is 5.43. The average Bonchev–Trinajstić information content (AvgIpc) is 2.88. The number of benzene rings is 2. The molecule has 0 unspecified atom stereocenters. The Morgan fingerprint density at radius 2 is 0.914 bits per heavy atom. The molecule has 1 radical (unpaired) electrons. The maximum absolute atomic E-state index is 11.2. The number of nitrogens with zero attached hydrogens (tertiary/aromatic N) is 4. The van der Waals surface area contributed by atoms with Gasteiger partial charge in [-0.3, -0.25) is 19.9 Å². The largest absolute Gasteiger partial charge is 0.478 e. The summed E-state index contributed by atoms with van der Waals surface area (Å²) in [5.41, 5.74) is 2.94. The van der Waals surface area contributed by atoms with Gasteiger partial charge in [0.2, 0.25) is 0 Å². The number of carbonyl (C=O) groups is 2. The molecule has 0 saturated heterocycles. The Labute approximate surface area is 208 Å². The van der Waals surface area contributed by atoms with Crippen LogP contribution in [0.1, 0.15) is 20.7 Å². The van der Waals surface area contributed by atoms with Gasteiger partial charge < -0.3 is 10.2 Å². The molecule has 0 bridgehead atoms. The van der Waals surface area contributed by atoms with Crippen LogP contribution in [-0.4, -0.2) is 42.1 Å². The van der Waals surface area contributed by atoms with Gasteiger partial charge in [-0.1, -0.05) is 36.4 Å². The number of aromatic nitrogens is 4. The van der Waals surface area contributed by atoms with Crippen molar-refractivity contribution in [2.75, 3.05) is 0 Å². The molecular formula is C26H16CuN4O4. The molecule has 4 heterocycles. The summed E-state index contributed by atoms with van der Waals surface area (Å²) in [7, 11) is 0. The smallest absolute Gasteiger partial charge is 0.336 e. The Hall–Kier alpha value is -4.46. The predicted molar refractivity (Wildman–Crippen MR) is 128 cm³/mol. The van der Waals surface area contributed by atoms with E-state index in [0.29, 0.717) is 21.8 Å². The average molecular weight is 512 g/mol. The molecule has 0 aliphatic rings. The van der Waals surface area contributed by atoms with E-state index >= 15 is 0 Å². The number of carboxylic acid groups (broad SMARTS) is 2. The predicted octanol–water partition coefficient (Wildman–Crippen LogP) is 4.96. The monoisotopic (exact) mass is 511 g/mol. The fraction of sp³-hybridized carbons (Fsp3) is 0. The van der Waals surface area contributed by atoms with Gasteiger partial charge in [0.25, 0.3) is 0 Å². The van der Waals surface area contributed by atoms with Gasteiger partial charge in [-0.05, 0) is 24.3 Å². The summed E-state index contributed by atoms with van der Waals surface area (Å²) in [6, 6.07) is 18.1. The van der Waals surface area contributed by atoms with Crippen molar-refractivity contribution in [3.63, 3.8) is 0 Å². The summed E-state index contributed by atoms with van der Waals surface area (Å²) in [6.45, 7) is 0. The molecule has 35 heavy (non-hydrogen) atoms. The number of aromatic carboxylic acids is 2. The number of carboxylic acids is 2. The molecule has 6 aromatic rings. The molecule has 2 aromatic carbocycles. The normalized spacial score (nSPS) is 10.5. The van der Waals surface area contributed by atoms with Gasteiger partial charge in [-0.15, -0.1) is 0 Å². The van der Waals surface area contributed by atoms with Crippen LogP contribution >= 0.6 is 0 Å². The first-order valence-corrected chi connectivity index (χ1v) is 10.3. The SMILES string of the molecule is O=C(O)c1ccnc2c1ccc1c(C(=O)O)ccnc12.[Cu].c1cnc2c(c1)ccc1cccnc12. The summed E-state index contributed by atoms with van der Waals surface area (Å²) in [4.78, 5) is 39.3. The van der Waals surface area contributed by atoms with Crippen molar-refractivity contribution in [1.29, 1.82) is 0 Å². The number of pyridine rings is 4. The third kappa shape index (κ3) is 4.38. The van der Waals surface area contributed by atoms with Crippen molar-refractivity contribution in [3.05, 3.63) is 96.6 Å². The molecule has 0 fully saturated rings. The number of hydrogen-bond donors (Lipinski definition) is 2. The van der Waals surface area contributed by atoms with Crippen LogP contribution in [0.5, 0.6) is 0 Å². The quantitative estimate of drug-likeness (QED) is 0.247. The zero-order chi connectivity index (χ0) is 23.7. The molecule has 175 valence electrons. The first-order valence-electron chi connectivity index (χ1n) is 10.3. The molecule has 0 aliphatic carbocycles. The van der Waals surface area contributed by atoms with E-state index in [4.69, 9.17) is 10.2 Å². The molecule has 0 atom stereocenters. The van der Waals surface area contributed by atoms with E-state index in [2.05, 4.69) is 44.2 Å². The van der Waals surface area contributed by atoms with Crippen LogP contribution in [0.25, 0.3) is 43.6 Å². The van der Waals surface area contributed by atoms with E-state index in [-0.39, 0.29) is 28.2 Å². The van der Waals surface area contributed by atoms with Crippen molar-refractivity contribution in [3.8, 4) is 0 Å². The topological polar surface area (TPSA) is 126 Å². The van der Waals surface area contributed by atoms with Crippen LogP contribution in [0.2, 0.25) is 0 Å². The van der Waals surface area contributed by atoms with Crippen molar-refractivity contribution < 1.29 is 36.9 Å². The molecule has 0 aliphatic heterocycles. The number of hydrogen-bond acceptors (Lipinski definition) is 6. The Kier molecular flexibility index (Phi) is 6.64. The minimum Gasteiger partial charge on any atom is -0.478 e. The standard InChI is InChI=1S/C14H8N2O4.C12H8N2.Cu/c17-13(18)9-3-5-15-11-7(9)1-2-8-10(14(19)20)4-6-16-12(8)11;1-3-9-5-6-10-4-2-8-14-12(10)11(9)13-7-1;/h1-6H,(H,17,18)(H,19,20);1-8H;. The molecule has 9 heteroatoms. The van der Waals surface area contributed by atoms with Gasteiger partial charge >= 0.3 is 11.9 Å². The Morgan fingerprint density at radius 3 is 1.31 bits per heavy atom. The van der Waals surface area contributed by atoms with Crippen LogP contribution < -0.4 is 0 Å². The van der Waals surface area contributed by atoms with E-state index in [9.17, 15) is 9.59 Å². The molecule has 2 N–H and O–H groups in total. The molecule has 0 spiro atoms. The Balaban J connectivity index is 0.000000169. The van der Waals surface area contributed by atoms with Gasteiger partial charge in [-0.2, -0.15) is 0 Å². The van der Waals surface area contributed by atoms with E-state index in [1.165, 1.54) is 24.5 Å². The van der Waals surface area contributed by atoms with Crippen LogP contribution in [0.3, 0.4) is 0 Å². The van der Waals surface area contributed by atoms with E-state index < -0.39 is 11.9 Å². The van der Waals surface area contributed by atoms with Crippen LogP contribution in [0.4, 0.5) is 0 Å². The summed E-state index contributed by atoms with van der Waals surface area (Å²) in [5.74, 6) is -2.13. The Morgan fingerprint density at radius 1 is 0.514 bits per heavy atom. The second-order valence-corrected chi connectivity index (χ2v) is 7.40. The van der Waals surface area contributed by atoms with Crippen molar-refractivity contribution in [2.45, 2.75) is 0 Å². The zero-order valence-corrected chi connectivity index (χ0v) is 18.8. The maximum atomic E-state index is 11.2. The van der Waals surface area contributed by atoms with Crippen LogP contribution in [0, 0.1) is 0 Å². The molecule has 6 rings (SSSR count). The second-order valence-electron chi connectivity index (χ2n) is 7.40. The minimum absolute atomic E-state index is 0. The fourth-order valence-corrected chi connectivity index (χ4v) is 3.88. The van der Waals surface area contributed by atoms with Crippen LogP contribution in [-0.2, 0) is 17.1 Å². The summed E-state index contributed by atoms with van der Waals surface area (Å²) in [6.07, 6.45) is 6.35. The van der Waals surface area contributed by atoms with Crippen molar-refractivity contribution in [1.82, 2.24) is 19.9 Å². The first-order chi connectivity index (χ1) is 16.5. The zero-order valence-electron chi connectivity index (χ0n) is 17.9. The van der Waals surface area contributed by atoms with Gasteiger partial charge in [-0.25, -0.2) is 9.59 Å². The number of fused-ring (bicyclic) bond motifs is 6. The molecule has 0 saturated carbocycles. The van der Waals surface area contributed by atoms with Crippen molar-refractivity contribution >= 4 is 55.6 Å². The summed E-state index contributed by atoms with van der Waals surface area (Å²) in [5, 5.41) is 21.5. The number of rotatable bonds is 2. The molecule has 0 amide bonds. The summed E-state index contributed by atoms with van der Waals surface area (Å²) < 4.78 is 0. The maximum Gasteiger partial charge on any atom is 0.336 e. The van der Waals surface area contributed by atoms with Gasteiger partial charge in [0.15, 0.2) is 0 Å². The van der Waals surface area contributed by atoms with Crippen molar-refractivity contribution in [2.24, 2.45) is 0 Å². The molecule has 8 nitrogen and oxygen atoms in total. The summed E-state index contributed by atoms with van der Waals surface area (Å²) >= 11 is 0. The Bertz CT molecular complexity index is 1610. The van der Waals surface area contributed by atoms with E-state index in [1.54, 1.807) is 24.5 Å². The fourth-order valence-electron chi connectivity index (χ4n) is 3.88. The van der Waals surface area contributed by atoms with Gasteiger partial charge in [0.05, 0.1) is 33.2 Å². The van der Waals surface area contributed by atoms with Crippen LogP contribution in [0.15, 0.2) is 85.5 Å². The molecular weight excluding hydrogens is 496 g/mol. The minimum atomic E-state index is -1.06. The van der Waals surface area contributed by atoms with Gasteiger partial charge in [0, 0.05) is 63.4 Å².